The largest absolute Gasteiger partial charge is 0.463 e. The standard InChI is InChI=1S/C35H57NO12/c1-2-3-4-5-6-7-12-33(37)48-30-29-47-28-27-46-26-25-45-24-23-44-22-21-43-20-19-42-18-17-41-16-15-40-14-13-36-34(38)31-10-8-9-11-32(31)35(36)39/h8-11H,2-7,12-30H2,1H3. The van der Waals surface area contributed by atoms with Gasteiger partial charge in [-0.15, -0.1) is 0 Å². The van der Waals surface area contributed by atoms with Crippen LogP contribution in [0.5, 0.6) is 0 Å². The minimum absolute atomic E-state index is 0.151. The third-order valence-corrected chi connectivity index (χ3v) is 7.17. The number of benzene rings is 1. The second-order valence-corrected chi connectivity index (χ2v) is 10.9. The highest BCUT2D eigenvalue weighted by atomic mass is 16.6. The summed E-state index contributed by atoms with van der Waals surface area (Å²) in [5, 5.41) is 0. The first-order chi connectivity index (χ1) is 23.6. The summed E-state index contributed by atoms with van der Waals surface area (Å²) in [6.45, 7) is 9.62. The summed E-state index contributed by atoms with van der Waals surface area (Å²) in [6, 6.07) is 6.81. The molecule has 48 heavy (non-hydrogen) atoms. The zero-order chi connectivity index (χ0) is 34.3. The monoisotopic (exact) mass is 683 g/mol. The van der Waals surface area contributed by atoms with E-state index in [1.807, 2.05) is 0 Å². The lowest BCUT2D eigenvalue weighted by molar-refractivity contribution is -0.145. The van der Waals surface area contributed by atoms with Crippen LogP contribution in [0.2, 0.25) is 0 Å². The Balaban J connectivity index is 1.19. The SMILES string of the molecule is CCCCCCCCC(=O)OCCOCCOCCOCCOCCOCCOCCOCCOCCN1C(=O)c2ccccc2C1=O. The second kappa shape index (κ2) is 29.4. The molecule has 0 radical (unpaired) electrons. The van der Waals surface area contributed by atoms with E-state index in [0.717, 1.165) is 12.8 Å². The molecule has 0 atom stereocenters. The van der Waals surface area contributed by atoms with Crippen LogP contribution in [-0.4, -0.2) is 142 Å². The molecule has 0 bridgehead atoms. The summed E-state index contributed by atoms with van der Waals surface area (Å²) < 4.78 is 48.9. The highest BCUT2D eigenvalue weighted by Crippen LogP contribution is 2.21. The van der Waals surface area contributed by atoms with Gasteiger partial charge in [0.1, 0.15) is 6.61 Å². The topological polar surface area (TPSA) is 138 Å². The molecule has 1 aromatic carbocycles. The fraction of sp³-hybridized carbons (Fsp3) is 0.743. The molecule has 1 heterocycles. The van der Waals surface area contributed by atoms with Gasteiger partial charge in [0.15, 0.2) is 0 Å². The number of nitrogens with zero attached hydrogens (tertiary/aromatic N) is 1. The molecule has 2 rings (SSSR count). The van der Waals surface area contributed by atoms with Crippen molar-refractivity contribution in [1.29, 1.82) is 0 Å². The van der Waals surface area contributed by atoms with Crippen LogP contribution in [0.25, 0.3) is 0 Å². The predicted octanol–water partition coefficient (Wildman–Crippen LogP) is 3.71. The Kier molecular flexibility index (Phi) is 25.6. The molecule has 1 aliphatic heterocycles. The summed E-state index contributed by atoms with van der Waals surface area (Å²) >= 11 is 0. The van der Waals surface area contributed by atoms with E-state index < -0.39 is 0 Å². The molecule has 2 amide bonds. The van der Waals surface area contributed by atoms with Crippen LogP contribution in [0.3, 0.4) is 0 Å². The fourth-order valence-electron chi connectivity index (χ4n) is 4.58. The molecule has 0 aromatic heterocycles. The van der Waals surface area contributed by atoms with Crippen LogP contribution >= 0.6 is 0 Å². The maximum absolute atomic E-state index is 12.3. The van der Waals surface area contributed by atoms with Gasteiger partial charge in [-0.05, 0) is 18.6 Å². The zero-order valence-electron chi connectivity index (χ0n) is 28.8. The first kappa shape index (κ1) is 41.7. The van der Waals surface area contributed by atoms with Crippen molar-refractivity contribution in [2.45, 2.75) is 51.9 Å². The number of unbranched alkanes of at least 4 members (excludes halogenated alkanes) is 5. The number of imide groups is 1. The molecule has 274 valence electrons. The molecule has 1 aliphatic rings. The Labute approximate surface area is 285 Å². The maximum atomic E-state index is 12.3. The molecule has 0 fully saturated rings. The van der Waals surface area contributed by atoms with E-state index in [4.69, 9.17) is 42.6 Å². The summed E-state index contributed by atoms with van der Waals surface area (Å²) in [7, 11) is 0. The number of carbonyl (C=O) groups excluding carboxylic acids is 3. The highest BCUT2D eigenvalue weighted by molar-refractivity contribution is 6.21. The Morgan fingerprint density at radius 1 is 0.500 bits per heavy atom. The Morgan fingerprint density at radius 2 is 0.854 bits per heavy atom. The molecule has 0 N–H and O–H groups in total. The summed E-state index contributed by atoms with van der Waals surface area (Å²) in [5.74, 6) is -0.709. The van der Waals surface area contributed by atoms with Crippen molar-refractivity contribution >= 4 is 17.8 Å². The number of amides is 2. The average molecular weight is 684 g/mol. The van der Waals surface area contributed by atoms with Gasteiger partial charge in [0.05, 0.1) is 123 Å². The van der Waals surface area contributed by atoms with Crippen LogP contribution in [0.4, 0.5) is 0 Å². The Morgan fingerprint density at radius 3 is 1.27 bits per heavy atom. The summed E-state index contributed by atoms with van der Waals surface area (Å²) in [4.78, 5) is 37.5. The minimum Gasteiger partial charge on any atom is -0.463 e. The first-order valence-corrected chi connectivity index (χ1v) is 17.4. The van der Waals surface area contributed by atoms with Crippen molar-refractivity contribution in [3.05, 3.63) is 35.4 Å². The third kappa shape index (κ3) is 20.1. The van der Waals surface area contributed by atoms with Crippen LogP contribution in [0.15, 0.2) is 24.3 Å². The second-order valence-electron chi connectivity index (χ2n) is 10.9. The molecule has 1 aromatic rings. The molecular formula is C35H57NO12. The third-order valence-electron chi connectivity index (χ3n) is 7.17. The number of rotatable bonds is 34. The smallest absolute Gasteiger partial charge is 0.305 e. The van der Waals surface area contributed by atoms with Gasteiger partial charge in [-0.2, -0.15) is 0 Å². The van der Waals surface area contributed by atoms with Gasteiger partial charge in [0, 0.05) is 6.42 Å². The molecule has 0 saturated heterocycles. The maximum Gasteiger partial charge on any atom is 0.305 e. The van der Waals surface area contributed by atoms with Crippen LogP contribution < -0.4 is 0 Å². The Bertz CT molecular complexity index is 944. The minimum atomic E-state index is -0.279. The van der Waals surface area contributed by atoms with Crippen LogP contribution in [-0.2, 0) is 47.4 Å². The summed E-state index contributed by atoms with van der Waals surface area (Å²) in [6.07, 6.45) is 7.38. The molecule has 0 spiro atoms. The van der Waals surface area contributed by atoms with Crippen LogP contribution in [0, 0.1) is 0 Å². The first-order valence-electron chi connectivity index (χ1n) is 17.4. The highest BCUT2D eigenvalue weighted by Gasteiger charge is 2.34. The van der Waals surface area contributed by atoms with Gasteiger partial charge in [-0.1, -0.05) is 51.2 Å². The number of hydrogen-bond acceptors (Lipinski definition) is 12. The number of fused-ring (bicyclic) bond motifs is 1. The zero-order valence-corrected chi connectivity index (χ0v) is 28.8. The molecule has 0 aliphatic carbocycles. The molecular weight excluding hydrogens is 626 g/mol. The predicted molar refractivity (Wildman–Crippen MR) is 177 cm³/mol. The van der Waals surface area contributed by atoms with E-state index in [0.29, 0.717) is 117 Å². The molecule has 0 saturated carbocycles. The quantitative estimate of drug-likeness (QED) is 0.0595. The van der Waals surface area contributed by atoms with Crippen LogP contribution in [0.1, 0.15) is 72.6 Å². The van der Waals surface area contributed by atoms with E-state index in [2.05, 4.69) is 6.92 Å². The number of esters is 1. The summed E-state index contributed by atoms with van der Waals surface area (Å²) in [5.41, 5.74) is 0.881. The fourth-order valence-corrected chi connectivity index (χ4v) is 4.58. The van der Waals surface area contributed by atoms with Crippen molar-refractivity contribution in [3.8, 4) is 0 Å². The van der Waals surface area contributed by atoms with Crippen molar-refractivity contribution in [1.82, 2.24) is 4.90 Å². The van der Waals surface area contributed by atoms with E-state index >= 15 is 0 Å². The average Bonchev–Trinajstić information content (AvgIpc) is 3.34. The van der Waals surface area contributed by atoms with Gasteiger partial charge >= 0.3 is 5.97 Å². The normalized spacial score (nSPS) is 12.6. The van der Waals surface area contributed by atoms with Gasteiger partial charge in [0.25, 0.3) is 11.8 Å². The van der Waals surface area contributed by atoms with Gasteiger partial charge < -0.3 is 42.6 Å². The van der Waals surface area contributed by atoms with Gasteiger partial charge in [-0.25, -0.2) is 0 Å². The molecule has 0 unspecified atom stereocenters. The van der Waals surface area contributed by atoms with E-state index in [1.165, 1.54) is 30.6 Å². The van der Waals surface area contributed by atoms with E-state index in [9.17, 15) is 14.4 Å². The van der Waals surface area contributed by atoms with Gasteiger partial charge in [0.2, 0.25) is 0 Å². The van der Waals surface area contributed by atoms with Crippen molar-refractivity contribution in [3.63, 3.8) is 0 Å². The van der Waals surface area contributed by atoms with Crippen molar-refractivity contribution in [2.24, 2.45) is 0 Å². The lowest BCUT2D eigenvalue weighted by Crippen LogP contribution is -2.33. The number of carbonyl (C=O) groups is 3. The van der Waals surface area contributed by atoms with E-state index in [1.54, 1.807) is 24.3 Å². The van der Waals surface area contributed by atoms with Gasteiger partial charge in [-0.3, -0.25) is 19.3 Å². The lowest BCUT2D eigenvalue weighted by Gasteiger charge is -2.13. The lowest BCUT2D eigenvalue weighted by atomic mass is 10.1. The van der Waals surface area contributed by atoms with E-state index in [-0.39, 0.29) is 37.5 Å². The Hall–Kier alpha value is -2.49. The van der Waals surface area contributed by atoms with Crippen molar-refractivity contribution < 1.29 is 57.0 Å². The molecule has 13 heteroatoms. The van der Waals surface area contributed by atoms with Crippen molar-refractivity contribution in [2.75, 3.05) is 119 Å². The number of hydrogen-bond donors (Lipinski definition) is 0. The molecule has 13 nitrogen and oxygen atoms in total. The number of ether oxygens (including phenoxy) is 9.